The molecule has 1 saturated heterocycles. The molecule has 2 rings (SSSR count). The fraction of sp³-hybridized carbons (Fsp3) is 0.867. The Morgan fingerprint density at radius 2 is 2.19 bits per heavy atom. The molecule has 1 N–H and O–H groups in total. The molecule has 1 aliphatic heterocycles. The first kappa shape index (κ1) is 16.8. The van der Waals surface area contributed by atoms with E-state index in [-0.39, 0.29) is 6.61 Å². The van der Waals surface area contributed by atoms with Crippen LogP contribution < -0.4 is 0 Å². The third-order valence-corrected chi connectivity index (χ3v) is 4.87. The lowest BCUT2D eigenvalue weighted by atomic mass is 9.98. The van der Waals surface area contributed by atoms with Crippen molar-refractivity contribution in [1.82, 2.24) is 19.7 Å². The van der Waals surface area contributed by atoms with Gasteiger partial charge in [0.15, 0.2) is 5.82 Å². The highest BCUT2D eigenvalue weighted by atomic mass is 32.2. The molecule has 0 aliphatic carbocycles. The van der Waals surface area contributed by atoms with E-state index in [9.17, 15) is 5.11 Å². The predicted octanol–water partition coefficient (Wildman–Crippen LogP) is 1.59. The van der Waals surface area contributed by atoms with Gasteiger partial charge in [-0.25, -0.2) is 9.67 Å². The average Bonchev–Trinajstić information content (AvgIpc) is 2.87. The summed E-state index contributed by atoms with van der Waals surface area (Å²) < 4.78 is 1.90. The van der Waals surface area contributed by atoms with E-state index >= 15 is 0 Å². The van der Waals surface area contributed by atoms with Gasteiger partial charge in [0.2, 0.25) is 0 Å². The van der Waals surface area contributed by atoms with Crippen molar-refractivity contribution in [2.45, 2.75) is 51.1 Å². The van der Waals surface area contributed by atoms with Crippen LogP contribution in [0.1, 0.15) is 37.3 Å². The Kier molecular flexibility index (Phi) is 6.99. The maximum atomic E-state index is 9.19. The van der Waals surface area contributed by atoms with Gasteiger partial charge in [0.05, 0.1) is 13.2 Å². The monoisotopic (exact) mass is 312 g/mol. The van der Waals surface area contributed by atoms with Crippen LogP contribution in [0.15, 0.2) is 0 Å². The molecule has 0 spiro atoms. The van der Waals surface area contributed by atoms with Crippen molar-refractivity contribution in [2.75, 3.05) is 32.2 Å². The molecule has 1 fully saturated rings. The summed E-state index contributed by atoms with van der Waals surface area (Å²) >= 11 is 1.82. The molecule has 1 aromatic heterocycles. The molecular formula is C15H28N4OS. The summed E-state index contributed by atoms with van der Waals surface area (Å²) in [5.41, 5.74) is 0. The van der Waals surface area contributed by atoms with Crippen molar-refractivity contribution in [1.29, 1.82) is 0 Å². The van der Waals surface area contributed by atoms with Crippen LogP contribution in [-0.2, 0) is 19.4 Å². The molecule has 1 atom stereocenters. The molecule has 6 heteroatoms. The Morgan fingerprint density at radius 1 is 1.33 bits per heavy atom. The maximum absolute atomic E-state index is 9.19. The lowest BCUT2D eigenvalue weighted by molar-refractivity contribution is 0.175. The van der Waals surface area contributed by atoms with Crippen LogP contribution >= 0.6 is 11.8 Å². The standard InChI is InChI=1S/C15H28N4OS/c1-18-9-4-3-5-13(18)6-7-15-16-14(8-12-21-2)17-19(15)10-11-20/h13,20H,3-12H2,1-2H3/t13-/m1/s1. The Morgan fingerprint density at radius 3 is 2.90 bits per heavy atom. The second kappa shape index (κ2) is 8.76. The molecule has 1 aliphatic rings. The molecule has 0 bridgehead atoms. The smallest absolute Gasteiger partial charge is 0.151 e. The predicted molar refractivity (Wildman–Crippen MR) is 87.8 cm³/mol. The van der Waals surface area contributed by atoms with E-state index in [1.807, 2.05) is 16.4 Å². The Balaban J connectivity index is 1.94. The first-order valence-corrected chi connectivity index (χ1v) is 9.36. The van der Waals surface area contributed by atoms with Gasteiger partial charge in [-0.1, -0.05) is 6.42 Å². The molecule has 2 heterocycles. The molecule has 120 valence electrons. The van der Waals surface area contributed by atoms with E-state index in [1.54, 1.807) is 0 Å². The Labute approximate surface area is 132 Å². The van der Waals surface area contributed by atoms with E-state index < -0.39 is 0 Å². The first-order chi connectivity index (χ1) is 10.2. The highest BCUT2D eigenvalue weighted by molar-refractivity contribution is 7.98. The van der Waals surface area contributed by atoms with Crippen molar-refractivity contribution in [3.8, 4) is 0 Å². The minimum Gasteiger partial charge on any atom is -0.394 e. The molecular weight excluding hydrogens is 284 g/mol. The van der Waals surface area contributed by atoms with Gasteiger partial charge in [-0.05, 0) is 39.1 Å². The zero-order valence-electron chi connectivity index (χ0n) is 13.3. The van der Waals surface area contributed by atoms with Crippen molar-refractivity contribution in [2.24, 2.45) is 0 Å². The number of likely N-dealkylation sites (tertiary alicyclic amines) is 1. The minimum absolute atomic E-state index is 0.127. The zero-order chi connectivity index (χ0) is 15.1. The number of aliphatic hydroxyl groups is 1. The van der Waals surface area contributed by atoms with E-state index in [1.165, 1.54) is 25.8 Å². The van der Waals surface area contributed by atoms with E-state index in [0.29, 0.717) is 12.6 Å². The normalized spacial score (nSPS) is 20.0. The summed E-state index contributed by atoms with van der Waals surface area (Å²) in [5, 5.41) is 13.7. The van der Waals surface area contributed by atoms with Crippen LogP contribution in [0.2, 0.25) is 0 Å². The molecule has 0 saturated carbocycles. The van der Waals surface area contributed by atoms with Gasteiger partial charge >= 0.3 is 0 Å². The summed E-state index contributed by atoms with van der Waals surface area (Å²) in [4.78, 5) is 7.16. The third-order valence-electron chi connectivity index (χ3n) is 4.26. The van der Waals surface area contributed by atoms with Crippen LogP contribution in [0.25, 0.3) is 0 Å². The molecule has 0 unspecified atom stereocenters. The number of rotatable bonds is 8. The van der Waals surface area contributed by atoms with Crippen LogP contribution in [0.5, 0.6) is 0 Å². The summed E-state index contributed by atoms with van der Waals surface area (Å²) in [6.45, 7) is 1.90. The summed E-state index contributed by atoms with van der Waals surface area (Å²) in [5.74, 6) is 3.01. The number of hydrogen-bond donors (Lipinski definition) is 1. The SMILES string of the molecule is CSCCc1nc(CC[C@H]2CCCCN2C)n(CCO)n1. The topological polar surface area (TPSA) is 54.2 Å². The highest BCUT2D eigenvalue weighted by Crippen LogP contribution is 2.19. The van der Waals surface area contributed by atoms with Gasteiger partial charge in [0.1, 0.15) is 5.82 Å². The van der Waals surface area contributed by atoms with Gasteiger partial charge in [0.25, 0.3) is 0 Å². The Bertz CT molecular complexity index is 424. The largest absolute Gasteiger partial charge is 0.394 e. The first-order valence-electron chi connectivity index (χ1n) is 7.97. The average molecular weight is 312 g/mol. The van der Waals surface area contributed by atoms with Gasteiger partial charge in [-0.3, -0.25) is 0 Å². The fourth-order valence-electron chi connectivity index (χ4n) is 2.99. The summed E-state index contributed by atoms with van der Waals surface area (Å²) in [7, 11) is 2.23. The van der Waals surface area contributed by atoms with E-state index in [4.69, 9.17) is 0 Å². The van der Waals surface area contributed by atoms with Crippen LogP contribution in [-0.4, -0.2) is 63.0 Å². The fourth-order valence-corrected chi connectivity index (χ4v) is 3.38. The lowest BCUT2D eigenvalue weighted by Gasteiger charge is -2.32. The second-order valence-corrected chi connectivity index (χ2v) is 6.79. The number of thioether (sulfide) groups is 1. The number of aryl methyl sites for hydroxylation is 2. The van der Waals surface area contributed by atoms with Crippen molar-refractivity contribution >= 4 is 11.8 Å². The molecule has 0 aromatic carbocycles. The third kappa shape index (κ3) is 4.97. The summed E-state index contributed by atoms with van der Waals surface area (Å²) in [6, 6.07) is 0.674. The van der Waals surface area contributed by atoms with Gasteiger partial charge in [0, 0.05) is 24.6 Å². The molecule has 21 heavy (non-hydrogen) atoms. The second-order valence-electron chi connectivity index (χ2n) is 5.80. The molecule has 5 nitrogen and oxygen atoms in total. The minimum atomic E-state index is 0.127. The van der Waals surface area contributed by atoms with Crippen LogP contribution in [0, 0.1) is 0 Å². The number of nitrogens with zero attached hydrogens (tertiary/aromatic N) is 4. The number of aliphatic hydroxyl groups excluding tert-OH is 1. The van der Waals surface area contributed by atoms with Crippen LogP contribution in [0.3, 0.4) is 0 Å². The molecule has 0 radical (unpaired) electrons. The van der Waals surface area contributed by atoms with Crippen molar-refractivity contribution < 1.29 is 5.11 Å². The van der Waals surface area contributed by atoms with E-state index in [2.05, 4.69) is 28.3 Å². The number of piperidine rings is 1. The van der Waals surface area contributed by atoms with Gasteiger partial charge in [-0.2, -0.15) is 16.9 Å². The lowest BCUT2D eigenvalue weighted by Crippen LogP contribution is -2.36. The molecule has 0 amide bonds. The summed E-state index contributed by atoms with van der Waals surface area (Å²) in [6.07, 6.45) is 9.08. The maximum Gasteiger partial charge on any atom is 0.151 e. The van der Waals surface area contributed by atoms with Crippen molar-refractivity contribution in [3.05, 3.63) is 11.6 Å². The van der Waals surface area contributed by atoms with Gasteiger partial charge in [-0.15, -0.1) is 0 Å². The quantitative estimate of drug-likeness (QED) is 0.790. The van der Waals surface area contributed by atoms with Gasteiger partial charge < -0.3 is 10.0 Å². The number of aromatic nitrogens is 3. The van der Waals surface area contributed by atoms with Crippen molar-refractivity contribution in [3.63, 3.8) is 0 Å². The molecule has 1 aromatic rings. The zero-order valence-corrected chi connectivity index (χ0v) is 14.1. The van der Waals surface area contributed by atoms with Crippen LogP contribution in [0.4, 0.5) is 0 Å². The number of hydrogen-bond acceptors (Lipinski definition) is 5. The Hall–Kier alpha value is -0.590. The highest BCUT2D eigenvalue weighted by Gasteiger charge is 2.20. The van der Waals surface area contributed by atoms with E-state index in [0.717, 1.165) is 36.7 Å².